The summed E-state index contributed by atoms with van der Waals surface area (Å²) in [6.45, 7) is 0.356. The molecule has 2 heterocycles. The third kappa shape index (κ3) is 3.78. The minimum Gasteiger partial charge on any atom is -0.545 e. The number of carboxylic acids is 1. The molecule has 0 atom stereocenters. The number of rotatable bonds is 4. The molecule has 5 nitrogen and oxygen atoms in total. The number of benzene rings is 2. The van der Waals surface area contributed by atoms with Crippen LogP contribution in [0.25, 0.3) is 11.3 Å². The fraction of sp³-hybridized carbons (Fsp3) is 0.200. The maximum atomic E-state index is 14.3. The number of fused-ring (bicyclic) bond motifs is 1. The normalized spacial score (nSPS) is 12.2. The van der Waals surface area contributed by atoms with E-state index in [2.05, 4.69) is 4.98 Å². The molecule has 0 N–H and O–H groups in total. The van der Waals surface area contributed by atoms with Crippen molar-refractivity contribution in [1.82, 2.24) is 9.55 Å². The molecule has 27 heavy (non-hydrogen) atoms. The second-order valence-corrected chi connectivity index (χ2v) is 6.39. The van der Waals surface area contributed by atoms with Crippen LogP contribution in [0.2, 0.25) is 0 Å². The molecule has 1 aromatic heterocycles. The Balaban J connectivity index is 0.00000210. The van der Waals surface area contributed by atoms with Crippen LogP contribution in [-0.4, -0.2) is 22.1 Å². The molecular formula is C20H16FN2NaO3. The van der Waals surface area contributed by atoms with E-state index in [-0.39, 0.29) is 29.6 Å². The Morgan fingerprint density at radius 2 is 2.07 bits per heavy atom. The molecule has 3 aromatic rings. The average molecular weight is 374 g/mol. The van der Waals surface area contributed by atoms with E-state index in [9.17, 15) is 14.3 Å². The second-order valence-electron chi connectivity index (χ2n) is 6.39. The summed E-state index contributed by atoms with van der Waals surface area (Å²) >= 11 is 0. The number of ether oxygens (including phenoxy) is 1. The van der Waals surface area contributed by atoms with Gasteiger partial charge in [0, 0.05) is 42.8 Å². The van der Waals surface area contributed by atoms with Crippen LogP contribution in [0.5, 0.6) is 5.75 Å². The smallest absolute Gasteiger partial charge is 0.545 e. The van der Waals surface area contributed by atoms with Gasteiger partial charge < -0.3 is 19.2 Å². The number of aryl methyl sites for hydroxylation is 1. The van der Waals surface area contributed by atoms with Gasteiger partial charge in [-0.15, -0.1) is 0 Å². The topological polar surface area (TPSA) is 67.2 Å². The molecule has 0 saturated heterocycles. The number of hydrogen-bond donors (Lipinski definition) is 0. The van der Waals surface area contributed by atoms with Gasteiger partial charge in [-0.1, -0.05) is 24.3 Å². The molecule has 0 unspecified atom stereocenters. The van der Waals surface area contributed by atoms with E-state index in [1.165, 1.54) is 6.07 Å². The zero-order valence-electron chi connectivity index (χ0n) is 15.2. The molecule has 0 saturated carbocycles. The van der Waals surface area contributed by atoms with Crippen LogP contribution < -0.4 is 39.4 Å². The molecule has 0 spiro atoms. The third-order valence-electron chi connectivity index (χ3n) is 4.55. The van der Waals surface area contributed by atoms with Crippen molar-refractivity contribution in [3.63, 3.8) is 0 Å². The number of nitrogens with zero attached hydrogens (tertiary/aromatic N) is 2. The van der Waals surface area contributed by atoms with Crippen LogP contribution in [0.1, 0.15) is 27.0 Å². The van der Waals surface area contributed by atoms with E-state index in [0.29, 0.717) is 36.3 Å². The van der Waals surface area contributed by atoms with Gasteiger partial charge in [-0.25, -0.2) is 9.37 Å². The van der Waals surface area contributed by atoms with Crippen molar-refractivity contribution >= 4 is 5.97 Å². The van der Waals surface area contributed by atoms with Crippen molar-refractivity contribution < 1.29 is 48.6 Å². The van der Waals surface area contributed by atoms with Crippen LogP contribution in [0.4, 0.5) is 4.39 Å². The predicted octanol–water partition coefficient (Wildman–Crippen LogP) is -0.881. The van der Waals surface area contributed by atoms with Gasteiger partial charge in [-0.05, 0) is 17.2 Å². The van der Waals surface area contributed by atoms with Crippen molar-refractivity contribution in [2.75, 3.05) is 6.61 Å². The van der Waals surface area contributed by atoms with Gasteiger partial charge >= 0.3 is 29.6 Å². The summed E-state index contributed by atoms with van der Waals surface area (Å²) in [5, 5.41) is 11.2. The molecule has 2 aromatic carbocycles. The minimum atomic E-state index is -1.51. The molecule has 0 radical (unpaired) electrons. The Morgan fingerprint density at radius 1 is 1.33 bits per heavy atom. The molecule has 132 valence electrons. The largest absolute Gasteiger partial charge is 1.00 e. The maximum Gasteiger partial charge on any atom is 1.00 e. The van der Waals surface area contributed by atoms with E-state index in [1.807, 2.05) is 42.1 Å². The van der Waals surface area contributed by atoms with Gasteiger partial charge in [-0.2, -0.15) is 0 Å². The first-order valence-electron chi connectivity index (χ1n) is 8.28. The van der Waals surface area contributed by atoms with Crippen molar-refractivity contribution in [2.24, 2.45) is 7.05 Å². The fourth-order valence-corrected chi connectivity index (χ4v) is 3.27. The molecule has 1 aliphatic rings. The number of aromatic nitrogens is 2. The molecule has 0 amide bonds. The summed E-state index contributed by atoms with van der Waals surface area (Å²) in [7, 11) is 1.91. The van der Waals surface area contributed by atoms with E-state index in [4.69, 9.17) is 4.74 Å². The summed E-state index contributed by atoms with van der Waals surface area (Å²) in [5.74, 6) is -1.79. The zero-order chi connectivity index (χ0) is 18.3. The number of imidazole rings is 1. The van der Waals surface area contributed by atoms with Crippen LogP contribution in [0, 0.1) is 5.82 Å². The molecule has 7 heteroatoms. The molecule has 0 fully saturated rings. The first-order chi connectivity index (χ1) is 12.5. The van der Waals surface area contributed by atoms with Gasteiger partial charge in [0.05, 0.1) is 24.6 Å². The molecule has 0 aliphatic carbocycles. The van der Waals surface area contributed by atoms with Crippen LogP contribution >= 0.6 is 0 Å². The number of carbonyl (C=O) groups excluding carboxylic acids is 1. The van der Waals surface area contributed by atoms with Gasteiger partial charge in [0.15, 0.2) is 0 Å². The Bertz CT molecular complexity index is 999. The third-order valence-corrected chi connectivity index (χ3v) is 4.55. The summed E-state index contributed by atoms with van der Waals surface area (Å²) in [6.07, 6.45) is 4.49. The summed E-state index contributed by atoms with van der Waals surface area (Å²) in [5.41, 5.74) is 3.41. The molecule has 4 rings (SSSR count). The Hall–Kier alpha value is -2.15. The van der Waals surface area contributed by atoms with E-state index in [1.54, 1.807) is 6.33 Å². The molecule has 1 aliphatic heterocycles. The Morgan fingerprint density at radius 3 is 2.70 bits per heavy atom. The van der Waals surface area contributed by atoms with Crippen molar-refractivity contribution in [1.29, 1.82) is 0 Å². The Labute approximate surface area is 178 Å². The van der Waals surface area contributed by atoms with Crippen LogP contribution in [-0.2, 0) is 19.9 Å². The molecular weight excluding hydrogens is 358 g/mol. The average Bonchev–Trinajstić information content (AvgIpc) is 3.27. The Kier molecular flexibility index (Phi) is 5.69. The second kappa shape index (κ2) is 7.84. The standard InChI is InChI=1S/C20H17FN2O3.Na/c1-23-10-17(22-11-23)13-4-2-12(3-5-13)8-14-9-16(20(24)25)18(21)15-6-7-26-19(14)15;/h2-5,9-11H,6-8H2,1H3,(H,24,25);/q;+1/p-1. The number of aromatic carboxylic acids is 1. The minimum absolute atomic E-state index is 0. The van der Waals surface area contributed by atoms with Gasteiger partial charge in [0.1, 0.15) is 11.6 Å². The van der Waals surface area contributed by atoms with Gasteiger partial charge in [0.25, 0.3) is 0 Å². The van der Waals surface area contributed by atoms with E-state index >= 15 is 0 Å². The fourth-order valence-electron chi connectivity index (χ4n) is 3.27. The van der Waals surface area contributed by atoms with Crippen LogP contribution in [0.3, 0.4) is 0 Å². The van der Waals surface area contributed by atoms with E-state index < -0.39 is 17.3 Å². The van der Waals surface area contributed by atoms with Crippen molar-refractivity contribution in [3.8, 4) is 17.0 Å². The van der Waals surface area contributed by atoms with Gasteiger partial charge in [-0.3, -0.25) is 0 Å². The zero-order valence-corrected chi connectivity index (χ0v) is 17.2. The maximum absolute atomic E-state index is 14.3. The van der Waals surface area contributed by atoms with E-state index in [0.717, 1.165) is 16.8 Å². The van der Waals surface area contributed by atoms with Crippen LogP contribution in [0.15, 0.2) is 42.9 Å². The monoisotopic (exact) mass is 374 g/mol. The first-order valence-corrected chi connectivity index (χ1v) is 8.28. The quantitative estimate of drug-likeness (QED) is 0.557. The predicted molar refractivity (Wildman–Crippen MR) is 91.4 cm³/mol. The van der Waals surface area contributed by atoms with Crippen molar-refractivity contribution in [3.05, 3.63) is 70.9 Å². The number of hydrogen-bond acceptors (Lipinski definition) is 4. The number of halogens is 1. The summed E-state index contributed by atoms with van der Waals surface area (Å²) < 4.78 is 21.7. The summed E-state index contributed by atoms with van der Waals surface area (Å²) in [4.78, 5) is 15.5. The number of carboxylic acid groups (broad SMARTS) is 1. The first kappa shape index (κ1) is 19.6. The SMILES string of the molecule is Cn1cnc(-c2ccc(Cc3cc(C(=O)[O-])c(F)c4c3OCC4)cc2)c1.[Na+]. The number of carbonyl (C=O) groups is 1. The molecule has 0 bridgehead atoms. The summed E-state index contributed by atoms with van der Waals surface area (Å²) in [6, 6.07) is 9.15. The van der Waals surface area contributed by atoms with Crippen molar-refractivity contribution in [2.45, 2.75) is 12.8 Å². The van der Waals surface area contributed by atoms with Gasteiger partial charge in [0.2, 0.25) is 0 Å².